The summed E-state index contributed by atoms with van der Waals surface area (Å²) in [6.45, 7) is 7.57. The minimum atomic E-state index is -4.05. The molecule has 0 saturated carbocycles. The lowest BCUT2D eigenvalue weighted by Gasteiger charge is -2.28. The molecule has 1 amide bonds. The quantitative estimate of drug-likeness (QED) is 0.409. The van der Waals surface area contributed by atoms with Gasteiger partial charge in [-0.2, -0.15) is 0 Å². The predicted molar refractivity (Wildman–Crippen MR) is 140 cm³/mol. The SMILES string of the molecule is COc1ccc(C)cc1N(CC(=O)N[C@H](CC(C)C)c1ccccc1)S(=O)(=O)c1ccc(C)cc1. The fourth-order valence-electron chi connectivity index (χ4n) is 3.94. The third-order valence-electron chi connectivity index (χ3n) is 5.74. The number of carbonyl (C=O) groups excluding carboxylic acids is 1. The van der Waals surface area contributed by atoms with E-state index < -0.39 is 15.9 Å². The molecule has 186 valence electrons. The Morgan fingerprint density at radius 1 is 0.943 bits per heavy atom. The summed E-state index contributed by atoms with van der Waals surface area (Å²) in [5.74, 6) is 0.324. The normalized spacial score (nSPS) is 12.3. The topological polar surface area (TPSA) is 75.7 Å². The molecule has 0 aromatic heterocycles. The van der Waals surface area contributed by atoms with Gasteiger partial charge in [0.25, 0.3) is 10.0 Å². The molecule has 1 N–H and O–H groups in total. The van der Waals surface area contributed by atoms with Gasteiger partial charge < -0.3 is 10.1 Å². The number of ether oxygens (including phenoxy) is 1. The van der Waals surface area contributed by atoms with Gasteiger partial charge in [0.15, 0.2) is 0 Å². The molecule has 0 fully saturated rings. The first-order chi connectivity index (χ1) is 16.6. The fourth-order valence-corrected chi connectivity index (χ4v) is 5.36. The highest BCUT2D eigenvalue weighted by atomic mass is 32.2. The summed E-state index contributed by atoms with van der Waals surface area (Å²) < 4.78 is 34.2. The highest BCUT2D eigenvalue weighted by Gasteiger charge is 2.30. The van der Waals surface area contributed by atoms with Crippen molar-refractivity contribution in [3.8, 4) is 5.75 Å². The van der Waals surface area contributed by atoms with Gasteiger partial charge in [0, 0.05) is 0 Å². The molecule has 0 saturated heterocycles. The summed E-state index contributed by atoms with van der Waals surface area (Å²) in [6.07, 6.45) is 0.730. The van der Waals surface area contributed by atoms with Crippen molar-refractivity contribution in [3.63, 3.8) is 0 Å². The van der Waals surface area contributed by atoms with E-state index in [1.165, 1.54) is 7.11 Å². The van der Waals surface area contributed by atoms with Crippen LogP contribution in [0.1, 0.15) is 43.0 Å². The lowest BCUT2D eigenvalue weighted by molar-refractivity contribution is -0.120. The predicted octanol–water partition coefficient (Wildman–Crippen LogP) is 5.41. The zero-order valence-electron chi connectivity index (χ0n) is 21.0. The van der Waals surface area contributed by atoms with Crippen molar-refractivity contribution >= 4 is 21.6 Å². The summed E-state index contributed by atoms with van der Waals surface area (Å²) in [4.78, 5) is 13.5. The number of hydrogen-bond donors (Lipinski definition) is 1. The van der Waals surface area contributed by atoms with Crippen LogP contribution >= 0.6 is 0 Å². The number of aryl methyl sites for hydroxylation is 2. The van der Waals surface area contributed by atoms with Crippen molar-refractivity contribution in [3.05, 3.63) is 89.5 Å². The Hall–Kier alpha value is -3.32. The molecule has 0 radical (unpaired) electrons. The number of anilines is 1. The second-order valence-corrected chi connectivity index (χ2v) is 11.0. The van der Waals surface area contributed by atoms with E-state index in [1.807, 2.05) is 50.2 Å². The van der Waals surface area contributed by atoms with E-state index in [0.29, 0.717) is 17.4 Å². The highest BCUT2D eigenvalue weighted by Crippen LogP contribution is 2.33. The molecule has 7 heteroatoms. The number of methoxy groups -OCH3 is 1. The van der Waals surface area contributed by atoms with E-state index in [0.717, 1.165) is 27.4 Å². The van der Waals surface area contributed by atoms with Crippen molar-refractivity contribution in [1.82, 2.24) is 5.32 Å². The maximum atomic E-state index is 13.8. The Kier molecular flexibility index (Phi) is 8.57. The van der Waals surface area contributed by atoms with Crippen LogP contribution in [0, 0.1) is 19.8 Å². The molecule has 0 unspecified atom stereocenters. The fraction of sp³-hybridized carbons (Fsp3) is 0.321. The average molecular weight is 495 g/mol. The minimum Gasteiger partial charge on any atom is -0.495 e. The Labute approximate surface area is 209 Å². The van der Waals surface area contributed by atoms with E-state index in [-0.39, 0.29) is 17.5 Å². The van der Waals surface area contributed by atoms with E-state index >= 15 is 0 Å². The van der Waals surface area contributed by atoms with Crippen LogP contribution in [0.25, 0.3) is 0 Å². The van der Waals surface area contributed by atoms with Gasteiger partial charge in [-0.1, -0.05) is 67.9 Å². The molecule has 0 heterocycles. The molecular weight excluding hydrogens is 460 g/mol. The number of benzene rings is 3. The van der Waals surface area contributed by atoms with Crippen molar-refractivity contribution in [1.29, 1.82) is 0 Å². The van der Waals surface area contributed by atoms with Crippen LogP contribution in [0.3, 0.4) is 0 Å². The number of hydrogen-bond acceptors (Lipinski definition) is 4. The first-order valence-electron chi connectivity index (χ1n) is 11.7. The van der Waals surface area contributed by atoms with Crippen LogP contribution in [0.15, 0.2) is 77.7 Å². The van der Waals surface area contributed by atoms with Crippen molar-refractivity contribution in [2.24, 2.45) is 5.92 Å². The molecule has 0 aliphatic rings. The first-order valence-corrected chi connectivity index (χ1v) is 13.1. The Morgan fingerprint density at radius 3 is 2.17 bits per heavy atom. The summed E-state index contributed by atoms with van der Waals surface area (Å²) in [6, 6.07) is 21.4. The van der Waals surface area contributed by atoms with Gasteiger partial charge >= 0.3 is 0 Å². The largest absolute Gasteiger partial charge is 0.495 e. The van der Waals surface area contributed by atoms with Gasteiger partial charge in [-0.25, -0.2) is 8.42 Å². The number of nitrogens with zero attached hydrogens (tertiary/aromatic N) is 1. The third-order valence-corrected chi connectivity index (χ3v) is 7.52. The minimum absolute atomic E-state index is 0.112. The second kappa shape index (κ2) is 11.4. The van der Waals surface area contributed by atoms with E-state index in [4.69, 9.17) is 4.74 Å². The average Bonchev–Trinajstić information content (AvgIpc) is 2.82. The maximum Gasteiger partial charge on any atom is 0.264 e. The Morgan fingerprint density at radius 2 is 1.57 bits per heavy atom. The van der Waals surface area contributed by atoms with Crippen molar-refractivity contribution in [2.75, 3.05) is 18.0 Å². The molecule has 35 heavy (non-hydrogen) atoms. The van der Waals surface area contributed by atoms with Gasteiger partial charge in [-0.05, 0) is 61.6 Å². The highest BCUT2D eigenvalue weighted by molar-refractivity contribution is 7.92. The second-order valence-electron chi connectivity index (χ2n) is 9.16. The standard InChI is InChI=1S/C28H34N2O4S/c1-20(2)17-25(23-9-7-6-8-10-23)29-28(31)19-30(26-18-22(4)13-16-27(26)34-5)35(32,33)24-14-11-21(3)12-15-24/h6-16,18,20,25H,17,19H2,1-5H3,(H,29,31)/t25-/m1/s1. The molecule has 1 atom stereocenters. The van der Waals surface area contributed by atoms with E-state index in [1.54, 1.807) is 36.4 Å². The molecule has 0 bridgehead atoms. The molecular formula is C28H34N2O4S. The summed E-state index contributed by atoms with van der Waals surface area (Å²) in [5, 5.41) is 3.06. The van der Waals surface area contributed by atoms with Gasteiger partial charge in [-0.3, -0.25) is 9.10 Å². The van der Waals surface area contributed by atoms with E-state index in [2.05, 4.69) is 19.2 Å². The summed E-state index contributed by atoms with van der Waals surface area (Å²) in [7, 11) is -2.56. The van der Waals surface area contributed by atoms with Crippen LogP contribution < -0.4 is 14.4 Å². The zero-order chi connectivity index (χ0) is 25.6. The van der Waals surface area contributed by atoms with Crippen LogP contribution in [0.5, 0.6) is 5.75 Å². The number of nitrogens with one attached hydrogen (secondary N) is 1. The third kappa shape index (κ3) is 6.63. The van der Waals surface area contributed by atoms with Crippen LogP contribution in [0.2, 0.25) is 0 Å². The lowest BCUT2D eigenvalue weighted by atomic mass is 9.97. The van der Waals surface area contributed by atoms with Gasteiger partial charge in [0.1, 0.15) is 12.3 Å². The molecule has 0 aliphatic carbocycles. The van der Waals surface area contributed by atoms with Crippen molar-refractivity contribution in [2.45, 2.75) is 45.1 Å². The lowest BCUT2D eigenvalue weighted by Crippen LogP contribution is -2.42. The van der Waals surface area contributed by atoms with Crippen molar-refractivity contribution < 1.29 is 17.9 Å². The molecule has 6 nitrogen and oxygen atoms in total. The summed E-state index contributed by atoms with van der Waals surface area (Å²) in [5.41, 5.74) is 3.10. The van der Waals surface area contributed by atoms with Gasteiger partial charge in [0.05, 0.1) is 23.7 Å². The maximum absolute atomic E-state index is 13.8. The Balaban J connectivity index is 2.00. The molecule has 0 spiro atoms. The molecule has 3 aromatic carbocycles. The smallest absolute Gasteiger partial charge is 0.264 e. The van der Waals surface area contributed by atoms with E-state index in [9.17, 15) is 13.2 Å². The number of carbonyl (C=O) groups is 1. The number of rotatable bonds is 10. The van der Waals surface area contributed by atoms with Crippen LogP contribution in [-0.2, 0) is 14.8 Å². The van der Waals surface area contributed by atoms with Gasteiger partial charge in [-0.15, -0.1) is 0 Å². The molecule has 3 rings (SSSR count). The number of sulfonamides is 1. The summed E-state index contributed by atoms with van der Waals surface area (Å²) >= 11 is 0. The first kappa shape index (κ1) is 26.3. The Bertz CT molecular complexity index is 1240. The number of amides is 1. The van der Waals surface area contributed by atoms with Crippen LogP contribution in [-0.4, -0.2) is 28.0 Å². The monoisotopic (exact) mass is 494 g/mol. The van der Waals surface area contributed by atoms with Gasteiger partial charge in [0.2, 0.25) is 5.91 Å². The van der Waals surface area contributed by atoms with Crippen LogP contribution in [0.4, 0.5) is 5.69 Å². The molecule has 0 aliphatic heterocycles. The zero-order valence-corrected chi connectivity index (χ0v) is 21.8. The molecule has 3 aromatic rings.